The van der Waals surface area contributed by atoms with Gasteiger partial charge in [-0.1, -0.05) is 18.5 Å². The zero-order valence-electron chi connectivity index (χ0n) is 11.2. The number of carbonyl (C=O) groups is 1. The molecule has 2 unspecified atom stereocenters. The summed E-state index contributed by atoms with van der Waals surface area (Å²) < 4.78 is 0. The molecule has 19 heavy (non-hydrogen) atoms. The Hall–Kier alpha value is -1.10. The highest BCUT2D eigenvalue weighted by molar-refractivity contribution is 6.30. The van der Waals surface area contributed by atoms with E-state index in [2.05, 4.69) is 11.8 Å². The van der Waals surface area contributed by atoms with E-state index in [1.54, 1.807) is 36.2 Å². The molecule has 1 fully saturated rings. The molecule has 0 aromatic heterocycles. The quantitative estimate of drug-likeness (QED) is 0.913. The number of carbonyl (C=O) groups excluding carboxylic acids is 1. The molecule has 0 bridgehead atoms. The number of amides is 1. The van der Waals surface area contributed by atoms with Crippen LogP contribution in [0.2, 0.25) is 5.02 Å². The molecule has 0 radical (unpaired) electrons. The highest BCUT2D eigenvalue weighted by Crippen LogP contribution is 2.18. The van der Waals surface area contributed by atoms with Crippen molar-refractivity contribution in [3.8, 4) is 0 Å². The van der Waals surface area contributed by atoms with Gasteiger partial charge in [-0.05, 0) is 30.8 Å². The zero-order chi connectivity index (χ0) is 14.0. The minimum absolute atomic E-state index is 0.0846. The lowest BCUT2D eigenvalue weighted by Gasteiger charge is -2.26. The van der Waals surface area contributed by atoms with E-state index < -0.39 is 6.10 Å². The first-order valence-corrected chi connectivity index (χ1v) is 6.84. The van der Waals surface area contributed by atoms with Crippen molar-refractivity contribution in [1.29, 1.82) is 0 Å². The molecule has 1 heterocycles. The van der Waals surface area contributed by atoms with E-state index in [1.165, 1.54) is 0 Å². The molecule has 4 nitrogen and oxygen atoms in total. The monoisotopic (exact) mass is 282 g/mol. The Morgan fingerprint density at radius 3 is 2.58 bits per heavy atom. The number of hydrogen-bond acceptors (Lipinski definition) is 3. The van der Waals surface area contributed by atoms with Crippen LogP contribution in [0.1, 0.15) is 17.3 Å². The Kier molecular flexibility index (Phi) is 4.45. The number of aliphatic hydroxyl groups excluding tert-OH is 1. The summed E-state index contributed by atoms with van der Waals surface area (Å²) in [6.07, 6.45) is -0.485. The molecule has 0 aliphatic carbocycles. The molecule has 1 aliphatic heterocycles. The fourth-order valence-electron chi connectivity index (χ4n) is 2.43. The molecule has 1 N–H and O–H groups in total. The van der Waals surface area contributed by atoms with Crippen LogP contribution in [0.3, 0.4) is 0 Å². The van der Waals surface area contributed by atoms with E-state index >= 15 is 0 Å². The van der Waals surface area contributed by atoms with Crippen molar-refractivity contribution in [2.24, 2.45) is 0 Å². The molecule has 104 valence electrons. The third kappa shape index (κ3) is 3.08. The van der Waals surface area contributed by atoms with Gasteiger partial charge in [-0.2, -0.15) is 0 Å². The maximum atomic E-state index is 12.3. The lowest BCUT2D eigenvalue weighted by molar-refractivity contribution is 0.0581. The van der Waals surface area contributed by atoms with Gasteiger partial charge >= 0.3 is 0 Å². The molecule has 1 saturated heterocycles. The number of β-amino-alcohol motifs (C(OH)–C–C–N with tert-alkyl or cyclic N) is 1. The largest absolute Gasteiger partial charge is 0.390 e. The number of likely N-dealkylation sites (N-methyl/N-ethyl adjacent to an activating group) is 2. The molecule has 0 spiro atoms. The lowest BCUT2D eigenvalue weighted by Crippen LogP contribution is -2.44. The summed E-state index contributed by atoms with van der Waals surface area (Å²) in [7, 11) is 1.74. The van der Waals surface area contributed by atoms with Crippen LogP contribution in [-0.2, 0) is 0 Å². The molecule has 1 aliphatic rings. The first-order valence-electron chi connectivity index (χ1n) is 6.46. The van der Waals surface area contributed by atoms with Crippen LogP contribution in [0.15, 0.2) is 24.3 Å². The average molecular weight is 283 g/mol. The van der Waals surface area contributed by atoms with Gasteiger partial charge in [0.25, 0.3) is 5.91 Å². The van der Waals surface area contributed by atoms with Gasteiger partial charge in [0.2, 0.25) is 0 Å². The number of likely N-dealkylation sites (tertiary alicyclic amines) is 1. The van der Waals surface area contributed by atoms with Crippen LogP contribution in [0, 0.1) is 0 Å². The maximum Gasteiger partial charge on any atom is 0.253 e. The number of rotatable bonds is 3. The summed E-state index contributed by atoms with van der Waals surface area (Å²) in [5.74, 6) is -0.0846. The fourth-order valence-corrected chi connectivity index (χ4v) is 2.56. The second-order valence-electron chi connectivity index (χ2n) is 4.91. The number of nitrogens with zero attached hydrogens (tertiary/aromatic N) is 2. The maximum absolute atomic E-state index is 12.3. The number of aliphatic hydroxyl groups is 1. The van der Waals surface area contributed by atoms with E-state index in [0.29, 0.717) is 23.7 Å². The topological polar surface area (TPSA) is 43.8 Å². The molecule has 0 saturated carbocycles. The van der Waals surface area contributed by atoms with Crippen molar-refractivity contribution < 1.29 is 9.90 Å². The molecule has 2 atom stereocenters. The number of benzene rings is 1. The SMILES string of the molecule is CCN1CC(O)C(N(C)C(=O)c2ccc(Cl)cc2)C1. The highest BCUT2D eigenvalue weighted by Gasteiger charge is 2.35. The van der Waals surface area contributed by atoms with Crippen LogP contribution < -0.4 is 0 Å². The second-order valence-corrected chi connectivity index (χ2v) is 5.35. The Bertz CT molecular complexity index is 449. The van der Waals surface area contributed by atoms with Crippen LogP contribution in [0.5, 0.6) is 0 Å². The average Bonchev–Trinajstić information content (AvgIpc) is 2.79. The summed E-state index contributed by atoms with van der Waals surface area (Å²) in [5.41, 5.74) is 0.592. The van der Waals surface area contributed by atoms with Crippen LogP contribution in [0.4, 0.5) is 0 Å². The van der Waals surface area contributed by atoms with Crippen molar-refractivity contribution in [2.45, 2.75) is 19.1 Å². The van der Waals surface area contributed by atoms with Crippen molar-refractivity contribution in [1.82, 2.24) is 9.80 Å². The minimum Gasteiger partial charge on any atom is -0.390 e. The first-order chi connectivity index (χ1) is 9.02. The molecule has 1 amide bonds. The summed E-state index contributed by atoms with van der Waals surface area (Å²) >= 11 is 5.81. The Morgan fingerprint density at radius 1 is 1.42 bits per heavy atom. The number of hydrogen-bond donors (Lipinski definition) is 1. The normalized spacial score (nSPS) is 23.6. The summed E-state index contributed by atoms with van der Waals surface area (Å²) in [6.45, 7) is 4.28. The van der Waals surface area contributed by atoms with Gasteiger partial charge in [-0.15, -0.1) is 0 Å². The third-order valence-electron chi connectivity index (χ3n) is 3.69. The highest BCUT2D eigenvalue weighted by atomic mass is 35.5. The predicted molar refractivity (Wildman–Crippen MR) is 75.5 cm³/mol. The van der Waals surface area contributed by atoms with E-state index in [1.807, 2.05) is 0 Å². The van der Waals surface area contributed by atoms with Gasteiger partial charge in [-0.3, -0.25) is 9.69 Å². The summed E-state index contributed by atoms with van der Waals surface area (Å²) in [4.78, 5) is 16.1. The minimum atomic E-state index is -0.485. The van der Waals surface area contributed by atoms with Gasteiger partial charge in [0, 0.05) is 30.7 Å². The molecule has 1 aromatic rings. The predicted octanol–water partition coefficient (Wildman–Crippen LogP) is 1.48. The molecule has 2 rings (SSSR count). The zero-order valence-corrected chi connectivity index (χ0v) is 12.0. The Morgan fingerprint density at radius 2 is 2.05 bits per heavy atom. The van der Waals surface area contributed by atoms with Crippen molar-refractivity contribution in [3.63, 3.8) is 0 Å². The van der Waals surface area contributed by atoms with Gasteiger partial charge in [-0.25, -0.2) is 0 Å². The van der Waals surface area contributed by atoms with E-state index in [4.69, 9.17) is 11.6 Å². The molecular weight excluding hydrogens is 264 g/mol. The van der Waals surface area contributed by atoms with Gasteiger partial charge in [0.05, 0.1) is 12.1 Å². The smallest absolute Gasteiger partial charge is 0.253 e. The third-order valence-corrected chi connectivity index (χ3v) is 3.94. The van der Waals surface area contributed by atoms with Crippen LogP contribution >= 0.6 is 11.6 Å². The Labute approximate surface area is 118 Å². The molecule has 5 heteroatoms. The number of halogens is 1. The molecule has 1 aromatic carbocycles. The van der Waals surface area contributed by atoms with Gasteiger partial charge in [0.1, 0.15) is 0 Å². The van der Waals surface area contributed by atoms with E-state index in [-0.39, 0.29) is 11.9 Å². The summed E-state index contributed by atoms with van der Waals surface area (Å²) in [5, 5.41) is 10.7. The molecular formula is C14H19ClN2O2. The lowest BCUT2D eigenvalue weighted by atomic mass is 10.1. The van der Waals surface area contributed by atoms with Crippen molar-refractivity contribution in [2.75, 3.05) is 26.7 Å². The van der Waals surface area contributed by atoms with Gasteiger partial charge < -0.3 is 10.0 Å². The summed E-state index contributed by atoms with van der Waals surface area (Å²) in [6, 6.07) is 6.67. The van der Waals surface area contributed by atoms with E-state index in [0.717, 1.165) is 6.54 Å². The van der Waals surface area contributed by atoms with Crippen molar-refractivity contribution >= 4 is 17.5 Å². The first kappa shape index (κ1) is 14.3. The fraction of sp³-hybridized carbons (Fsp3) is 0.500. The second kappa shape index (κ2) is 5.90. The van der Waals surface area contributed by atoms with Gasteiger partial charge in [0.15, 0.2) is 0 Å². The van der Waals surface area contributed by atoms with Crippen LogP contribution in [0.25, 0.3) is 0 Å². The van der Waals surface area contributed by atoms with Crippen LogP contribution in [-0.4, -0.2) is 59.6 Å². The standard InChI is InChI=1S/C14H19ClN2O2/c1-3-17-8-12(13(18)9-17)16(2)14(19)10-4-6-11(15)7-5-10/h4-7,12-13,18H,3,8-9H2,1-2H3. The Balaban J connectivity index is 2.09. The van der Waals surface area contributed by atoms with Crippen molar-refractivity contribution in [3.05, 3.63) is 34.9 Å². The van der Waals surface area contributed by atoms with E-state index in [9.17, 15) is 9.90 Å².